The number of nitrogens with two attached hydrogens (primary N) is 1. The van der Waals surface area contributed by atoms with Crippen molar-refractivity contribution in [3.8, 4) is 0 Å². The maximum absolute atomic E-state index is 11.3. The maximum atomic E-state index is 11.3. The fourth-order valence-electron chi connectivity index (χ4n) is 0.846. The van der Waals surface area contributed by atoms with Gasteiger partial charge in [-0.05, 0) is 12.3 Å². The van der Waals surface area contributed by atoms with Crippen LogP contribution in [0.15, 0.2) is 0 Å². The standard InChI is InChI=1S/C9H20N2O3/c1-7(6-12)5-11-9(13)8(10)3-4-14-2/h7-8,12H,3-6,10H2,1-2H3,(H,11,13). The number of hydrogen-bond acceptors (Lipinski definition) is 4. The van der Waals surface area contributed by atoms with Crippen LogP contribution in [0, 0.1) is 5.92 Å². The third-order valence-corrected chi connectivity index (χ3v) is 1.91. The summed E-state index contributed by atoms with van der Waals surface area (Å²) in [5.74, 6) is -0.129. The Hall–Kier alpha value is -0.650. The van der Waals surface area contributed by atoms with E-state index < -0.39 is 6.04 Å². The number of carbonyl (C=O) groups excluding carboxylic acids is 1. The molecule has 0 fully saturated rings. The highest BCUT2D eigenvalue weighted by molar-refractivity contribution is 5.81. The lowest BCUT2D eigenvalue weighted by Crippen LogP contribution is -2.43. The Bertz CT molecular complexity index is 164. The molecule has 0 bridgehead atoms. The molecule has 0 saturated heterocycles. The third kappa shape index (κ3) is 5.90. The number of nitrogens with one attached hydrogen (secondary N) is 1. The first-order valence-electron chi connectivity index (χ1n) is 4.74. The van der Waals surface area contributed by atoms with E-state index in [9.17, 15) is 4.79 Å². The monoisotopic (exact) mass is 204 g/mol. The van der Waals surface area contributed by atoms with E-state index in [4.69, 9.17) is 15.6 Å². The zero-order chi connectivity index (χ0) is 11.0. The molecule has 2 unspecified atom stereocenters. The van der Waals surface area contributed by atoms with Gasteiger partial charge < -0.3 is 20.9 Å². The number of aliphatic hydroxyl groups excluding tert-OH is 1. The molecule has 84 valence electrons. The molecule has 0 aromatic carbocycles. The van der Waals surface area contributed by atoms with Crippen LogP contribution in [-0.2, 0) is 9.53 Å². The van der Waals surface area contributed by atoms with Crippen LogP contribution in [0.4, 0.5) is 0 Å². The van der Waals surface area contributed by atoms with E-state index in [-0.39, 0.29) is 18.4 Å². The van der Waals surface area contributed by atoms with Gasteiger partial charge >= 0.3 is 0 Å². The number of hydrogen-bond donors (Lipinski definition) is 3. The molecule has 5 heteroatoms. The molecule has 0 aliphatic carbocycles. The molecule has 0 aliphatic rings. The Labute approximate surface area is 84.6 Å². The molecule has 0 aliphatic heterocycles. The van der Waals surface area contributed by atoms with E-state index in [1.807, 2.05) is 6.92 Å². The number of amides is 1. The topological polar surface area (TPSA) is 84.6 Å². The summed E-state index contributed by atoms with van der Waals surface area (Å²) in [4.78, 5) is 11.3. The Balaban J connectivity index is 3.61. The quantitative estimate of drug-likeness (QED) is 0.501. The Morgan fingerprint density at radius 3 is 2.79 bits per heavy atom. The minimum atomic E-state index is -0.527. The van der Waals surface area contributed by atoms with E-state index >= 15 is 0 Å². The van der Waals surface area contributed by atoms with Crippen molar-refractivity contribution in [2.75, 3.05) is 26.9 Å². The van der Waals surface area contributed by atoms with E-state index in [2.05, 4.69) is 5.32 Å². The van der Waals surface area contributed by atoms with Gasteiger partial charge in [-0.2, -0.15) is 0 Å². The normalized spacial score (nSPS) is 14.9. The number of carbonyl (C=O) groups is 1. The molecule has 1 amide bonds. The molecular formula is C9H20N2O3. The number of ether oxygens (including phenoxy) is 1. The van der Waals surface area contributed by atoms with E-state index in [1.54, 1.807) is 7.11 Å². The predicted octanol–water partition coefficient (Wildman–Crippen LogP) is -0.905. The summed E-state index contributed by atoms with van der Waals surface area (Å²) in [7, 11) is 1.57. The average molecular weight is 204 g/mol. The van der Waals surface area contributed by atoms with Crippen LogP contribution in [0.3, 0.4) is 0 Å². The third-order valence-electron chi connectivity index (χ3n) is 1.91. The van der Waals surface area contributed by atoms with Crippen LogP contribution < -0.4 is 11.1 Å². The predicted molar refractivity (Wildman–Crippen MR) is 53.7 cm³/mol. The van der Waals surface area contributed by atoms with E-state index in [1.165, 1.54) is 0 Å². The number of rotatable bonds is 7. The fraction of sp³-hybridized carbons (Fsp3) is 0.889. The van der Waals surface area contributed by atoms with Gasteiger partial charge in [0.1, 0.15) is 0 Å². The van der Waals surface area contributed by atoms with Crippen molar-refractivity contribution in [2.45, 2.75) is 19.4 Å². The molecule has 4 N–H and O–H groups in total. The highest BCUT2D eigenvalue weighted by atomic mass is 16.5. The first-order valence-corrected chi connectivity index (χ1v) is 4.74. The van der Waals surface area contributed by atoms with Crippen LogP contribution >= 0.6 is 0 Å². The summed E-state index contributed by atoms with van der Waals surface area (Å²) in [5.41, 5.74) is 5.58. The lowest BCUT2D eigenvalue weighted by molar-refractivity contribution is -0.122. The zero-order valence-corrected chi connectivity index (χ0v) is 8.82. The van der Waals surface area contributed by atoms with Crippen LogP contribution in [0.2, 0.25) is 0 Å². The van der Waals surface area contributed by atoms with Gasteiger partial charge in [0.15, 0.2) is 0 Å². The SMILES string of the molecule is COCCC(N)C(=O)NCC(C)CO. The Morgan fingerprint density at radius 2 is 2.29 bits per heavy atom. The molecule has 14 heavy (non-hydrogen) atoms. The molecule has 0 spiro atoms. The van der Waals surface area contributed by atoms with Crippen molar-refractivity contribution >= 4 is 5.91 Å². The second kappa shape index (κ2) is 7.73. The van der Waals surface area contributed by atoms with Crippen molar-refractivity contribution < 1.29 is 14.6 Å². The molecule has 2 atom stereocenters. The number of methoxy groups -OCH3 is 1. The molecule has 5 nitrogen and oxygen atoms in total. The van der Waals surface area contributed by atoms with E-state index in [0.29, 0.717) is 19.6 Å². The smallest absolute Gasteiger partial charge is 0.237 e. The summed E-state index contributed by atoms with van der Waals surface area (Å²) >= 11 is 0. The fourth-order valence-corrected chi connectivity index (χ4v) is 0.846. The van der Waals surface area contributed by atoms with Crippen molar-refractivity contribution in [3.63, 3.8) is 0 Å². The minimum Gasteiger partial charge on any atom is -0.396 e. The van der Waals surface area contributed by atoms with Gasteiger partial charge in [-0.3, -0.25) is 4.79 Å². The molecular weight excluding hydrogens is 184 g/mol. The molecule has 0 aromatic rings. The highest BCUT2D eigenvalue weighted by Crippen LogP contribution is 1.92. The largest absolute Gasteiger partial charge is 0.396 e. The Kier molecular flexibility index (Phi) is 7.37. The van der Waals surface area contributed by atoms with Crippen LogP contribution in [0.5, 0.6) is 0 Å². The summed E-state index contributed by atoms with van der Waals surface area (Å²) < 4.78 is 4.81. The molecule has 0 rings (SSSR count). The van der Waals surface area contributed by atoms with Gasteiger partial charge in [0.2, 0.25) is 5.91 Å². The number of aliphatic hydroxyl groups is 1. The summed E-state index contributed by atoms with van der Waals surface area (Å²) in [6.45, 7) is 2.84. The van der Waals surface area contributed by atoms with Crippen molar-refractivity contribution in [1.29, 1.82) is 0 Å². The summed E-state index contributed by atoms with van der Waals surface area (Å²) in [6, 6.07) is -0.527. The summed E-state index contributed by atoms with van der Waals surface area (Å²) in [6.07, 6.45) is 0.510. The van der Waals surface area contributed by atoms with Crippen LogP contribution in [-0.4, -0.2) is 43.9 Å². The zero-order valence-electron chi connectivity index (χ0n) is 8.82. The van der Waals surface area contributed by atoms with Crippen molar-refractivity contribution in [3.05, 3.63) is 0 Å². The molecule has 0 saturated carbocycles. The first kappa shape index (κ1) is 13.4. The van der Waals surface area contributed by atoms with Gasteiger partial charge in [-0.25, -0.2) is 0 Å². The Morgan fingerprint density at radius 1 is 1.64 bits per heavy atom. The minimum absolute atomic E-state index is 0.0631. The van der Waals surface area contributed by atoms with E-state index in [0.717, 1.165) is 0 Å². The molecule has 0 radical (unpaired) electrons. The lowest BCUT2D eigenvalue weighted by Gasteiger charge is -2.13. The van der Waals surface area contributed by atoms with Crippen molar-refractivity contribution in [1.82, 2.24) is 5.32 Å². The van der Waals surface area contributed by atoms with Gasteiger partial charge in [-0.1, -0.05) is 6.92 Å². The van der Waals surface area contributed by atoms with Crippen LogP contribution in [0.25, 0.3) is 0 Å². The van der Waals surface area contributed by atoms with Gasteiger partial charge in [0.25, 0.3) is 0 Å². The van der Waals surface area contributed by atoms with Gasteiger partial charge in [0.05, 0.1) is 6.04 Å². The second-order valence-corrected chi connectivity index (χ2v) is 3.42. The average Bonchev–Trinajstić information content (AvgIpc) is 2.21. The second-order valence-electron chi connectivity index (χ2n) is 3.42. The molecule has 0 heterocycles. The lowest BCUT2D eigenvalue weighted by atomic mass is 10.2. The molecule has 0 aromatic heterocycles. The summed E-state index contributed by atoms with van der Waals surface area (Å²) in [5, 5.41) is 11.4. The van der Waals surface area contributed by atoms with Gasteiger partial charge in [-0.15, -0.1) is 0 Å². The maximum Gasteiger partial charge on any atom is 0.237 e. The van der Waals surface area contributed by atoms with Gasteiger partial charge in [0, 0.05) is 26.9 Å². The van der Waals surface area contributed by atoms with Crippen molar-refractivity contribution in [2.24, 2.45) is 11.7 Å². The first-order chi connectivity index (χ1) is 6.61. The van der Waals surface area contributed by atoms with Crippen LogP contribution in [0.1, 0.15) is 13.3 Å². The highest BCUT2D eigenvalue weighted by Gasteiger charge is 2.13.